The molecule has 2 heteroatoms. The largest absolute Gasteiger partial charge is 0.272 e. The molecule has 0 atom stereocenters. The fraction of sp³-hybridized carbons (Fsp3) is 0.667. The summed E-state index contributed by atoms with van der Waals surface area (Å²) in [6.07, 6.45) is 1.52. The first-order chi connectivity index (χ1) is 3.68. The van der Waals surface area contributed by atoms with E-state index in [1.54, 1.807) is 6.92 Å². The molecule has 2 nitrogen and oxygen atoms in total. The van der Waals surface area contributed by atoms with Gasteiger partial charge in [0.15, 0.2) is 0 Å². The van der Waals surface area contributed by atoms with Crippen molar-refractivity contribution in [1.29, 1.82) is 0 Å². The van der Waals surface area contributed by atoms with Crippen molar-refractivity contribution in [3.05, 3.63) is 0 Å². The van der Waals surface area contributed by atoms with Crippen molar-refractivity contribution in [1.82, 2.24) is 0 Å². The van der Waals surface area contributed by atoms with Crippen LogP contribution in [0, 0.1) is 5.92 Å². The Balaban J connectivity index is 3.66. The van der Waals surface area contributed by atoms with Gasteiger partial charge in [0.2, 0.25) is 5.91 Å². The van der Waals surface area contributed by atoms with Crippen molar-refractivity contribution >= 4 is 12.1 Å². The third-order valence-corrected chi connectivity index (χ3v) is 0.750. The topological polar surface area (TPSA) is 29.4 Å². The minimum Gasteiger partial charge on any atom is -0.272 e. The Hall–Kier alpha value is -0.660. The van der Waals surface area contributed by atoms with Crippen LogP contribution < -0.4 is 0 Å². The van der Waals surface area contributed by atoms with Crippen LogP contribution in [-0.2, 0) is 4.79 Å². The normalized spacial score (nSPS) is 11.0. The lowest BCUT2D eigenvalue weighted by atomic mass is 10.2. The number of nitrogens with zero attached hydrogens (tertiary/aromatic N) is 1. The van der Waals surface area contributed by atoms with E-state index in [-0.39, 0.29) is 11.8 Å². The standard InChI is InChI=1S/C6H11NO/c1-4-7-6(8)5(2)3/h4-5H,1-3H3. The molecule has 0 N–H and O–H groups in total. The van der Waals surface area contributed by atoms with Crippen molar-refractivity contribution < 1.29 is 4.79 Å². The molecular weight excluding hydrogens is 102 g/mol. The molecule has 0 aromatic rings. The monoisotopic (exact) mass is 113 g/mol. The predicted octanol–water partition coefficient (Wildman–Crippen LogP) is 1.26. The van der Waals surface area contributed by atoms with Gasteiger partial charge in [0.05, 0.1) is 0 Å². The molecule has 0 spiro atoms. The molecule has 0 aromatic carbocycles. The minimum atomic E-state index is -0.0486. The van der Waals surface area contributed by atoms with Crippen LogP contribution in [0.4, 0.5) is 0 Å². The number of hydrogen-bond donors (Lipinski definition) is 0. The Bertz CT molecular complexity index is 105. The van der Waals surface area contributed by atoms with E-state index in [4.69, 9.17) is 0 Å². The van der Waals surface area contributed by atoms with Crippen LogP contribution in [0.1, 0.15) is 20.8 Å². The van der Waals surface area contributed by atoms with Gasteiger partial charge in [0.25, 0.3) is 0 Å². The summed E-state index contributed by atoms with van der Waals surface area (Å²) in [4.78, 5) is 14.1. The molecule has 8 heavy (non-hydrogen) atoms. The van der Waals surface area contributed by atoms with Gasteiger partial charge in [-0.25, -0.2) is 4.99 Å². The zero-order valence-corrected chi connectivity index (χ0v) is 5.51. The quantitative estimate of drug-likeness (QED) is 0.471. The lowest BCUT2D eigenvalue weighted by molar-refractivity contribution is -0.120. The average molecular weight is 113 g/mol. The summed E-state index contributed by atoms with van der Waals surface area (Å²) >= 11 is 0. The van der Waals surface area contributed by atoms with Crippen molar-refractivity contribution in [3.63, 3.8) is 0 Å². The Labute approximate surface area is 49.6 Å². The van der Waals surface area contributed by atoms with Gasteiger partial charge < -0.3 is 0 Å². The highest BCUT2D eigenvalue weighted by atomic mass is 16.1. The molecule has 0 aliphatic rings. The van der Waals surface area contributed by atoms with E-state index in [1.807, 2.05) is 13.8 Å². The maximum atomic E-state index is 10.5. The molecule has 0 saturated heterocycles. The lowest BCUT2D eigenvalue weighted by Crippen LogP contribution is -2.02. The van der Waals surface area contributed by atoms with Crippen LogP contribution in [-0.4, -0.2) is 12.1 Å². The molecule has 0 fully saturated rings. The number of rotatable bonds is 1. The third kappa shape index (κ3) is 2.50. The molecule has 0 aromatic heterocycles. The molecule has 1 amide bonds. The van der Waals surface area contributed by atoms with Gasteiger partial charge in [-0.3, -0.25) is 4.79 Å². The van der Waals surface area contributed by atoms with Gasteiger partial charge in [-0.05, 0) is 6.92 Å². The summed E-state index contributed by atoms with van der Waals surface area (Å²) < 4.78 is 0. The zero-order valence-electron chi connectivity index (χ0n) is 5.51. The number of amides is 1. The fourth-order valence-corrected chi connectivity index (χ4v) is 0.276. The van der Waals surface area contributed by atoms with Crippen molar-refractivity contribution in [3.8, 4) is 0 Å². The van der Waals surface area contributed by atoms with E-state index in [1.165, 1.54) is 6.21 Å². The predicted molar refractivity (Wildman–Crippen MR) is 34.0 cm³/mol. The molecule has 0 saturated carbocycles. The number of hydrogen-bond acceptors (Lipinski definition) is 1. The van der Waals surface area contributed by atoms with Crippen LogP contribution in [0.3, 0.4) is 0 Å². The van der Waals surface area contributed by atoms with Crippen LogP contribution in [0.5, 0.6) is 0 Å². The van der Waals surface area contributed by atoms with Crippen LogP contribution in [0.2, 0.25) is 0 Å². The van der Waals surface area contributed by atoms with E-state index in [0.29, 0.717) is 0 Å². The number of aliphatic imine (C=N–C) groups is 1. The van der Waals surface area contributed by atoms with Crippen molar-refractivity contribution in [2.45, 2.75) is 20.8 Å². The van der Waals surface area contributed by atoms with Crippen molar-refractivity contribution in [2.75, 3.05) is 0 Å². The zero-order chi connectivity index (χ0) is 6.57. The average Bonchev–Trinajstić information content (AvgIpc) is 1.67. The molecule has 0 unspecified atom stereocenters. The molecule has 0 radical (unpaired) electrons. The van der Waals surface area contributed by atoms with E-state index in [9.17, 15) is 4.79 Å². The Morgan fingerprint density at radius 2 is 2.12 bits per heavy atom. The minimum absolute atomic E-state index is 0.0335. The van der Waals surface area contributed by atoms with E-state index in [2.05, 4.69) is 4.99 Å². The Morgan fingerprint density at radius 1 is 1.62 bits per heavy atom. The second-order valence-electron chi connectivity index (χ2n) is 1.88. The highest BCUT2D eigenvalue weighted by Gasteiger charge is 2.00. The van der Waals surface area contributed by atoms with Crippen LogP contribution in [0.25, 0.3) is 0 Å². The molecular formula is C6H11NO. The highest BCUT2D eigenvalue weighted by Crippen LogP contribution is 1.92. The molecule has 0 aliphatic heterocycles. The van der Waals surface area contributed by atoms with E-state index >= 15 is 0 Å². The summed E-state index contributed by atoms with van der Waals surface area (Å²) in [6.45, 7) is 5.39. The van der Waals surface area contributed by atoms with Gasteiger partial charge in [-0.1, -0.05) is 13.8 Å². The van der Waals surface area contributed by atoms with Crippen LogP contribution in [0.15, 0.2) is 4.99 Å². The Kier molecular flexibility index (Phi) is 3.08. The number of carbonyl (C=O) groups excluding carboxylic acids is 1. The van der Waals surface area contributed by atoms with Gasteiger partial charge in [-0.2, -0.15) is 0 Å². The molecule has 0 heterocycles. The summed E-state index contributed by atoms with van der Waals surface area (Å²) in [6, 6.07) is 0. The highest BCUT2D eigenvalue weighted by molar-refractivity contribution is 5.85. The summed E-state index contributed by atoms with van der Waals surface area (Å²) in [7, 11) is 0. The van der Waals surface area contributed by atoms with Gasteiger partial charge >= 0.3 is 0 Å². The molecule has 46 valence electrons. The fourth-order valence-electron chi connectivity index (χ4n) is 0.276. The van der Waals surface area contributed by atoms with E-state index in [0.717, 1.165) is 0 Å². The summed E-state index contributed by atoms with van der Waals surface area (Å²) in [5.74, 6) is -0.0151. The third-order valence-electron chi connectivity index (χ3n) is 0.750. The summed E-state index contributed by atoms with van der Waals surface area (Å²) in [5, 5.41) is 0. The maximum absolute atomic E-state index is 10.5. The SMILES string of the molecule is CC=NC(=O)C(C)C. The second-order valence-corrected chi connectivity index (χ2v) is 1.88. The first-order valence-electron chi connectivity index (χ1n) is 2.71. The van der Waals surface area contributed by atoms with Crippen molar-refractivity contribution in [2.24, 2.45) is 10.9 Å². The second kappa shape index (κ2) is 3.36. The smallest absolute Gasteiger partial charge is 0.247 e. The molecule has 0 bridgehead atoms. The summed E-state index contributed by atoms with van der Waals surface area (Å²) in [5.41, 5.74) is 0. The molecule has 0 rings (SSSR count). The van der Waals surface area contributed by atoms with Gasteiger partial charge in [0, 0.05) is 12.1 Å². The van der Waals surface area contributed by atoms with E-state index < -0.39 is 0 Å². The lowest BCUT2D eigenvalue weighted by Gasteiger charge is -1.92. The number of carbonyl (C=O) groups is 1. The maximum Gasteiger partial charge on any atom is 0.247 e. The van der Waals surface area contributed by atoms with Gasteiger partial charge in [-0.15, -0.1) is 0 Å². The Morgan fingerprint density at radius 3 is 2.25 bits per heavy atom. The van der Waals surface area contributed by atoms with Gasteiger partial charge in [0.1, 0.15) is 0 Å². The van der Waals surface area contributed by atoms with Crippen LogP contribution >= 0.6 is 0 Å². The molecule has 0 aliphatic carbocycles. The first kappa shape index (κ1) is 7.34. The first-order valence-corrected chi connectivity index (χ1v) is 2.71.